The van der Waals surface area contributed by atoms with Gasteiger partial charge < -0.3 is 10.2 Å². The third-order valence-electron chi connectivity index (χ3n) is 3.64. The highest BCUT2D eigenvalue weighted by molar-refractivity contribution is 7.89. The van der Waals surface area contributed by atoms with Crippen molar-refractivity contribution in [1.82, 2.24) is 14.7 Å². The zero-order valence-corrected chi connectivity index (χ0v) is 16.1. The van der Waals surface area contributed by atoms with Crippen molar-refractivity contribution in [2.75, 3.05) is 37.4 Å². The summed E-state index contributed by atoms with van der Waals surface area (Å²) >= 11 is 0. The summed E-state index contributed by atoms with van der Waals surface area (Å²) < 4.78 is 27.5. The fourth-order valence-electron chi connectivity index (χ4n) is 2.32. The molecule has 0 spiro atoms. The van der Waals surface area contributed by atoms with E-state index in [4.69, 9.17) is 0 Å². The molecule has 1 aromatic heterocycles. The highest BCUT2D eigenvalue weighted by Gasteiger charge is 2.16. The lowest BCUT2D eigenvalue weighted by Crippen LogP contribution is -2.29. The van der Waals surface area contributed by atoms with Crippen LogP contribution in [0.2, 0.25) is 0 Å². The van der Waals surface area contributed by atoms with Crippen molar-refractivity contribution >= 4 is 21.7 Å². The maximum absolute atomic E-state index is 12.4. The minimum atomic E-state index is -3.53. The average molecular weight is 363 g/mol. The van der Waals surface area contributed by atoms with Gasteiger partial charge in [-0.15, -0.1) is 0 Å². The van der Waals surface area contributed by atoms with Gasteiger partial charge in [-0.25, -0.2) is 23.1 Å². The van der Waals surface area contributed by atoms with Crippen molar-refractivity contribution in [3.05, 3.63) is 41.2 Å². The summed E-state index contributed by atoms with van der Waals surface area (Å²) in [6, 6.07) is 7.22. The quantitative estimate of drug-likeness (QED) is 0.730. The molecule has 0 amide bonds. The van der Waals surface area contributed by atoms with Crippen LogP contribution in [0.3, 0.4) is 0 Å². The zero-order valence-electron chi connectivity index (χ0n) is 15.3. The van der Waals surface area contributed by atoms with Crippen LogP contribution in [0.4, 0.5) is 11.6 Å². The molecule has 0 bridgehead atoms. The van der Waals surface area contributed by atoms with Crippen LogP contribution in [0.25, 0.3) is 0 Å². The van der Waals surface area contributed by atoms with Crippen molar-refractivity contribution in [1.29, 1.82) is 0 Å². The van der Waals surface area contributed by atoms with Crippen molar-refractivity contribution in [2.45, 2.75) is 25.7 Å². The molecule has 0 fully saturated rings. The molecule has 0 saturated carbocycles. The number of sulfonamides is 1. The van der Waals surface area contributed by atoms with E-state index in [1.54, 1.807) is 13.0 Å². The predicted molar refractivity (Wildman–Crippen MR) is 101 cm³/mol. The Morgan fingerprint density at radius 1 is 1.04 bits per heavy atom. The summed E-state index contributed by atoms with van der Waals surface area (Å²) in [5, 5.41) is 3.13. The topological polar surface area (TPSA) is 87.2 Å². The number of hydrogen-bond acceptors (Lipinski definition) is 6. The van der Waals surface area contributed by atoms with Crippen molar-refractivity contribution in [3.63, 3.8) is 0 Å². The molecule has 7 nitrogen and oxygen atoms in total. The van der Waals surface area contributed by atoms with E-state index >= 15 is 0 Å². The first-order chi connectivity index (χ1) is 11.7. The fraction of sp³-hybridized carbons (Fsp3) is 0.412. The van der Waals surface area contributed by atoms with Crippen LogP contribution in [-0.2, 0) is 10.0 Å². The number of aromatic nitrogens is 2. The van der Waals surface area contributed by atoms with Gasteiger partial charge in [0.2, 0.25) is 10.0 Å². The molecular formula is C17H25N5O2S. The van der Waals surface area contributed by atoms with E-state index in [1.807, 2.05) is 51.0 Å². The zero-order chi connectivity index (χ0) is 18.6. The van der Waals surface area contributed by atoms with Crippen molar-refractivity contribution in [3.8, 4) is 0 Å². The highest BCUT2D eigenvalue weighted by atomic mass is 32.2. The van der Waals surface area contributed by atoms with E-state index in [0.717, 1.165) is 16.9 Å². The van der Waals surface area contributed by atoms with E-state index in [2.05, 4.69) is 20.0 Å². The van der Waals surface area contributed by atoms with Gasteiger partial charge >= 0.3 is 0 Å². The Morgan fingerprint density at radius 2 is 1.76 bits per heavy atom. The Morgan fingerprint density at radius 3 is 2.44 bits per heavy atom. The minimum absolute atomic E-state index is 0.260. The maximum atomic E-state index is 12.4. The summed E-state index contributed by atoms with van der Waals surface area (Å²) in [5.41, 5.74) is 1.64. The summed E-state index contributed by atoms with van der Waals surface area (Å²) in [6.45, 7) is 6.17. The second kappa shape index (κ2) is 7.79. The van der Waals surface area contributed by atoms with Crippen molar-refractivity contribution < 1.29 is 8.42 Å². The summed E-state index contributed by atoms with van der Waals surface area (Å²) in [7, 11) is 0.285. The predicted octanol–water partition coefficient (Wildman–Crippen LogP) is 1.86. The SMILES string of the molecule is Cc1ccc(C)c(S(=O)(=O)NCCNc2cc(N(C)C)nc(C)n2)c1. The second-order valence-corrected chi connectivity index (χ2v) is 7.88. The second-order valence-electron chi connectivity index (χ2n) is 6.15. The van der Waals surface area contributed by atoms with Gasteiger partial charge in [0.15, 0.2) is 0 Å². The van der Waals surface area contributed by atoms with E-state index < -0.39 is 10.0 Å². The monoisotopic (exact) mass is 363 g/mol. The summed E-state index contributed by atoms with van der Waals surface area (Å²) in [6.07, 6.45) is 0. The molecule has 0 unspecified atom stereocenters. The third kappa shape index (κ3) is 5.14. The van der Waals surface area contributed by atoms with Crippen LogP contribution >= 0.6 is 0 Å². The molecule has 0 aliphatic carbocycles. The molecule has 8 heteroatoms. The normalized spacial score (nSPS) is 11.4. The number of benzene rings is 1. The molecule has 0 radical (unpaired) electrons. The van der Waals surface area contributed by atoms with Crippen LogP contribution < -0.4 is 14.9 Å². The smallest absolute Gasteiger partial charge is 0.240 e. The van der Waals surface area contributed by atoms with E-state index in [-0.39, 0.29) is 6.54 Å². The Hall–Kier alpha value is -2.19. The Labute approximate surface area is 149 Å². The highest BCUT2D eigenvalue weighted by Crippen LogP contribution is 2.16. The summed E-state index contributed by atoms with van der Waals surface area (Å²) in [4.78, 5) is 10.8. The molecule has 2 rings (SSSR count). The molecule has 25 heavy (non-hydrogen) atoms. The number of aryl methyl sites for hydroxylation is 3. The maximum Gasteiger partial charge on any atom is 0.240 e. The van der Waals surface area contributed by atoms with Crippen LogP contribution in [-0.4, -0.2) is 45.6 Å². The van der Waals surface area contributed by atoms with Gasteiger partial charge in [0, 0.05) is 33.3 Å². The van der Waals surface area contributed by atoms with Crippen LogP contribution in [0, 0.1) is 20.8 Å². The lowest BCUT2D eigenvalue weighted by atomic mass is 10.2. The number of hydrogen-bond donors (Lipinski definition) is 2. The third-order valence-corrected chi connectivity index (χ3v) is 5.24. The number of anilines is 2. The molecule has 1 aromatic carbocycles. The van der Waals surface area contributed by atoms with Gasteiger partial charge in [0.05, 0.1) is 4.90 Å². The van der Waals surface area contributed by atoms with E-state index in [9.17, 15) is 8.42 Å². The molecule has 0 atom stereocenters. The van der Waals surface area contributed by atoms with Crippen molar-refractivity contribution in [2.24, 2.45) is 0 Å². The molecule has 136 valence electrons. The van der Waals surface area contributed by atoms with E-state index in [1.165, 1.54) is 0 Å². The van der Waals surface area contributed by atoms with Gasteiger partial charge in [-0.1, -0.05) is 12.1 Å². The van der Waals surface area contributed by atoms with Crippen LogP contribution in [0.15, 0.2) is 29.2 Å². The van der Waals surface area contributed by atoms with Gasteiger partial charge in [-0.3, -0.25) is 0 Å². The van der Waals surface area contributed by atoms with Gasteiger partial charge in [0.25, 0.3) is 0 Å². The average Bonchev–Trinajstić information content (AvgIpc) is 2.53. The number of rotatable bonds is 7. The minimum Gasteiger partial charge on any atom is -0.369 e. The molecule has 2 N–H and O–H groups in total. The first kappa shape index (κ1) is 19.1. The summed E-state index contributed by atoms with van der Waals surface area (Å²) in [5.74, 6) is 2.12. The largest absolute Gasteiger partial charge is 0.369 e. The lowest BCUT2D eigenvalue weighted by Gasteiger charge is -2.14. The number of nitrogens with one attached hydrogen (secondary N) is 2. The molecule has 1 heterocycles. The first-order valence-corrected chi connectivity index (χ1v) is 9.51. The molecular weight excluding hydrogens is 338 g/mol. The Balaban J connectivity index is 1.98. The molecule has 2 aromatic rings. The number of nitrogens with zero attached hydrogens (tertiary/aromatic N) is 3. The lowest BCUT2D eigenvalue weighted by molar-refractivity contribution is 0.582. The molecule has 0 aliphatic rings. The van der Waals surface area contributed by atoms with E-state index in [0.29, 0.717) is 23.1 Å². The molecule has 0 saturated heterocycles. The molecule has 0 aliphatic heterocycles. The van der Waals surface area contributed by atoms with Crippen LogP contribution in [0.5, 0.6) is 0 Å². The standard InChI is InChI=1S/C17H25N5O2S/c1-12-6-7-13(2)15(10-12)25(23,24)19-9-8-18-16-11-17(22(4)5)21-14(3)20-16/h6-7,10-11,19H,8-9H2,1-5H3,(H,18,20,21). The fourth-order valence-corrected chi connectivity index (χ4v) is 3.68. The first-order valence-electron chi connectivity index (χ1n) is 8.03. The van der Waals surface area contributed by atoms with Crippen LogP contribution in [0.1, 0.15) is 17.0 Å². The van der Waals surface area contributed by atoms with Gasteiger partial charge in [0.1, 0.15) is 17.5 Å². The van der Waals surface area contributed by atoms with Gasteiger partial charge in [-0.05, 0) is 38.0 Å². The van der Waals surface area contributed by atoms with Gasteiger partial charge in [-0.2, -0.15) is 0 Å². The Bertz CT molecular complexity index is 850. The Kier molecular flexibility index (Phi) is 5.97.